The van der Waals surface area contributed by atoms with Crippen LogP contribution in [0.15, 0.2) is 170 Å². The number of aromatic nitrogens is 1. The summed E-state index contributed by atoms with van der Waals surface area (Å²) in [6.07, 6.45) is 0. The van der Waals surface area contributed by atoms with Crippen molar-refractivity contribution >= 4 is 44.9 Å². The maximum absolute atomic E-state index is 2.47. The van der Waals surface area contributed by atoms with Crippen LogP contribution in [0.4, 0.5) is 0 Å². The van der Waals surface area contributed by atoms with Gasteiger partial charge >= 0.3 is 0 Å². The van der Waals surface area contributed by atoms with Gasteiger partial charge in [0.05, 0.1) is 11.0 Å². The lowest BCUT2D eigenvalue weighted by Gasteiger charge is -2.14. The Morgan fingerprint density at radius 3 is 1.66 bits per heavy atom. The topological polar surface area (TPSA) is 4.93 Å². The predicted molar refractivity (Wildman–Crippen MR) is 188 cm³/mol. The van der Waals surface area contributed by atoms with Gasteiger partial charge < -0.3 is 4.57 Å². The van der Waals surface area contributed by atoms with Crippen LogP contribution in [0.2, 0.25) is 0 Å². The first kappa shape index (κ1) is 25.0. The monoisotopic (exact) mass is 557 g/mol. The van der Waals surface area contributed by atoms with Crippen molar-refractivity contribution in [3.63, 3.8) is 0 Å². The first-order chi connectivity index (χ1) is 21.8. The van der Waals surface area contributed by atoms with Crippen molar-refractivity contribution in [3.05, 3.63) is 170 Å². The molecule has 8 aromatic rings. The van der Waals surface area contributed by atoms with E-state index in [9.17, 15) is 0 Å². The molecule has 1 nitrogen and oxygen atoms in total. The molecule has 9 rings (SSSR count). The highest BCUT2D eigenvalue weighted by Gasteiger charge is 2.35. The predicted octanol–water partition coefficient (Wildman–Crippen LogP) is 8.61. The fourth-order valence-electron chi connectivity index (χ4n) is 7.24. The zero-order chi connectivity index (χ0) is 29.0. The zero-order valence-corrected chi connectivity index (χ0v) is 24.2. The van der Waals surface area contributed by atoms with Gasteiger partial charge in [0.25, 0.3) is 0 Å². The Morgan fingerprint density at radius 2 is 0.932 bits per heavy atom. The maximum atomic E-state index is 2.47. The molecule has 0 unspecified atom stereocenters. The Morgan fingerprint density at radius 1 is 0.364 bits per heavy atom. The molecule has 0 saturated heterocycles. The summed E-state index contributed by atoms with van der Waals surface area (Å²) in [7, 11) is 0. The Balaban J connectivity index is 1.30. The zero-order valence-electron chi connectivity index (χ0n) is 24.2. The lowest BCUT2D eigenvalue weighted by atomic mass is 9.39. The molecule has 2 heteroatoms. The highest BCUT2D eigenvalue weighted by atomic mass is 15.0. The van der Waals surface area contributed by atoms with Gasteiger partial charge in [-0.1, -0.05) is 156 Å². The summed E-state index contributed by atoms with van der Waals surface area (Å²) in [5.74, 6) is 0. The van der Waals surface area contributed by atoms with Gasteiger partial charge in [0, 0.05) is 16.5 Å². The second-order valence-corrected chi connectivity index (χ2v) is 11.7. The van der Waals surface area contributed by atoms with E-state index in [1.54, 1.807) is 0 Å². The first-order valence-electron chi connectivity index (χ1n) is 15.3. The average molecular weight is 558 g/mol. The molecule has 204 valence electrons. The minimum Gasteiger partial charge on any atom is -0.309 e. The third kappa shape index (κ3) is 3.88. The van der Waals surface area contributed by atoms with Gasteiger partial charge in [-0.15, -0.1) is 0 Å². The molecule has 0 aliphatic carbocycles. The molecule has 0 spiro atoms. The van der Waals surface area contributed by atoms with Gasteiger partial charge in [-0.05, 0) is 63.7 Å². The number of hydrogen-bond acceptors (Lipinski definition) is 0. The second-order valence-electron chi connectivity index (χ2n) is 11.7. The first-order valence-corrected chi connectivity index (χ1v) is 15.3. The van der Waals surface area contributed by atoms with Crippen molar-refractivity contribution in [2.45, 2.75) is 0 Å². The number of benzene rings is 7. The van der Waals surface area contributed by atoms with Crippen LogP contribution >= 0.6 is 0 Å². The van der Waals surface area contributed by atoms with Crippen molar-refractivity contribution in [2.75, 3.05) is 0 Å². The quantitative estimate of drug-likeness (QED) is 0.191. The molecular weight excluding hydrogens is 529 g/mol. The van der Waals surface area contributed by atoms with Gasteiger partial charge in [-0.3, -0.25) is 0 Å². The molecule has 1 aliphatic rings. The largest absolute Gasteiger partial charge is 0.309 e. The van der Waals surface area contributed by atoms with E-state index in [0.29, 0.717) is 0 Å². The molecular formula is C42H28BN. The van der Waals surface area contributed by atoms with Crippen LogP contribution in [0.5, 0.6) is 0 Å². The van der Waals surface area contributed by atoms with Crippen molar-refractivity contribution in [2.24, 2.45) is 0 Å². The fourth-order valence-corrected chi connectivity index (χ4v) is 7.24. The van der Waals surface area contributed by atoms with Crippen LogP contribution in [-0.4, -0.2) is 11.3 Å². The van der Waals surface area contributed by atoms with E-state index in [0.717, 1.165) is 0 Å². The summed E-state index contributed by atoms with van der Waals surface area (Å²) in [6.45, 7) is 0.139. The van der Waals surface area contributed by atoms with Gasteiger partial charge in [0.15, 0.2) is 0 Å². The summed E-state index contributed by atoms with van der Waals surface area (Å²) < 4.78 is 2.43. The normalized spacial score (nSPS) is 12.0. The Bertz CT molecular complexity index is 2300. The second kappa shape index (κ2) is 10.0. The van der Waals surface area contributed by atoms with Crippen molar-refractivity contribution in [1.82, 2.24) is 4.57 Å². The molecule has 7 aromatic carbocycles. The molecule has 0 N–H and O–H groups in total. The highest BCUT2D eigenvalue weighted by Crippen LogP contribution is 2.36. The third-order valence-electron chi connectivity index (χ3n) is 9.28. The van der Waals surface area contributed by atoms with E-state index in [4.69, 9.17) is 0 Å². The van der Waals surface area contributed by atoms with Crippen LogP contribution in [0.25, 0.3) is 60.9 Å². The number of para-hydroxylation sites is 2. The molecule has 44 heavy (non-hydrogen) atoms. The molecule has 0 amide bonds. The van der Waals surface area contributed by atoms with Gasteiger partial charge in [0.1, 0.15) is 0 Å². The molecule has 0 saturated carbocycles. The van der Waals surface area contributed by atoms with Gasteiger partial charge in [0.2, 0.25) is 6.71 Å². The van der Waals surface area contributed by atoms with E-state index in [1.165, 1.54) is 77.3 Å². The molecule has 0 fully saturated rings. The fraction of sp³-hybridized carbons (Fsp3) is 0. The Hall–Kier alpha value is -5.60. The van der Waals surface area contributed by atoms with Crippen LogP contribution in [-0.2, 0) is 0 Å². The molecule has 0 atom stereocenters. The third-order valence-corrected chi connectivity index (χ3v) is 9.28. The van der Waals surface area contributed by atoms with Crippen molar-refractivity contribution in [1.29, 1.82) is 0 Å². The number of rotatable bonds is 4. The van der Waals surface area contributed by atoms with Gasteiger partial charge in [-0.25, -0.2) is 0 Å². The van der Waals surface area contributed by atoms with Crippen molar-refractivity contribution in [3.8, 4) is 39.1 Å². The van der Waals surface area contributed by atoms with Crippen molar-refractivity contribution < 1.29 is 0 Å². The summed E-state index contributed by atoms with van der Waals surface area (Å²) in [4.78, 5) is 0. The van der Waals surface area contributed by atoms with E-state index in [1.807, 2.05) is 0 Å². The SMILES string of the molecule is c1ccc(-c2ccc(B3c4cc(-c5ccccc5)ccc4-c4cc5c6ccccc6n(-c6ccccc6)c5cc43)cc2)cc1. The Kier molecular flexibility index (Phi) is 5.67. The molecule has 0 radical (unpaired) electrons. The summed E-state index contributed by atoms with van der Waals surface area (Å²) in [6, 6.07) is 62.1. The standard InChI is InChI=1S/C42H28BN/c1-4-12-29(13-5-1)31-20-23-33(24-21-31)43-39-26-32(30-14-6-2-7-15-30)22-25-35(39)37-27-38-36-18-10-11-19-41(36)44(42(38)28-40(37)43)34-16-8-3-9-17-34/h1-28H. The molecule has 1 aromatic heterocycles. The maximum Gasteiger partial charge on any atom is 0.242 e. The van der Waals surface area contributed by atoms with Crippen LogP contribution < -0.4 is 16.4 Å². The molecule has 1 aliphatic heterocycles. The smallest absolute Gasteiger partial charge is 0.242 e. The molecule has 2 heterocycles. The Labute approximate surface area is 257 Å². The average Bonchev–Trinajstić information content (AvgIpc) is 3.60. The lowest BCUT2D eigenvalue weighted by molar-refractivity contribution is 1.18. The summed E-state index contributed by atoms with van der Waals surface area (Å²) in [5, 5.41) is 2.58. The van der Waals surface area contributed by atoms with Crippen LogP contribution in [0.1, 0.15) is 0 Å². The number of fused-ring (bicyclic) bond motifs is 6. The minimum absolute atomic E-state index is 0.139. The molecule has 0 bridgehead atoms. The lowest BCUT2D eigenvalue weighted by Crippen LogP contribution is -2.48. The van der Waals surface area contributed by atoms with Gasteiger partial charge in [-0.2, -0.15) is 0 Å². The van der Waals surface area contributed by atoms with Crippen LogP contribution in [0.3, 0.4) is 0 Å². The highest BCUT2D eigenvalue weighted by molar-refractivity contribution is 6.99. The van der Waals surface area contributed by atoms with E-state index >= 15 is 0 Å². The van der Waals surface area contributed by atoms with E-state index in [2.05, 4.69) is 174 Å². The summed E-state index contributed by atoms with van der Waals surface area (Å²) in [5.41, 5.74) is 15.4. The number of hydrogen-bond donors (Lipinski definition) is 0. The summed E-state index contributed by atoms with van der Waals surface area (Å²) >= 11 is 0. The van der Waals surface area contributed by atoms with E-state index < -0.39 is 0 Å². The van der Waals surface area contributed by atoms with E-state index in [-0.39, 0.29) is 6.71 Å². The minimum atomic E-state index is 0.139. The van der Waals surface area contributed by atoms with Crippen LogP contribution in [0, 0.1) is 0 Å². The number of nitrogens with zero attached hydrogens (tertiary/aromatic N) is 1.